The zero-order chi connectivity index (χ0) is 13.1. The first kappa shape index (κ1) is 12.1. The van der Waals surface area contributed by atoms with E-state index in [4.69, 9.17) is 28.0 Å². The van der Waals surface area contributed by atoms with Crippen LogP contribution < -0.4 is 5.73 Å². The Labute approximate surface area is 109 Å². The standard InChI is InChI=1S/C12H10ClN5/c13-9-4-2-1-3-8(9)6-18-7-17-11(12(18)16)10(15)5-14/h1-4,7,15H,6,16H2. The summed E-state index contributed by atoms with van der Waals surface area (Å²) in [6.07, 6.45) is 1.50. The monoisotopic (exact) mass is 259 g/mol. The molecule has 1 aromatic heterocycles. The number of nitrogens with two attached hydrogens (primary N) is 1. The van der Waals surface area contributed by atoms with Crippen molar-refractivity contribution in [3.8, 4) is 6.07 Å². The molecule has 0 aliphatic rings. The van der Waals surface area contributed by atoms with Gasteiger partial charge in [0, 0.05) is 5.02 Å². The number of nitrogen functional groups attached to an aromatic ring is 1. The van der Waals surface area contributed by atoms with Gasteiger partial charge in [0.15, 0.2) is 5.71 Å². The number of nitrogens with one attached hydrogen (secondary N) is 1. The minimum atomic E-state index is -0.245. The highest BCUT2D eigenvalue weighted by molar-refractivity contribution is 6.31. The molecule has 1 heterocycles. The third-order valence-corrected chi connectivity index (χ3v) is 2.89. The fraction of sp³-hybridized carbons (Fsp3) is 0.0833. The Morgan fingerprint density at radius 3 is 2.89 bits per heavy atom. The van der Waals surface area contributed by atoms with Crippen LogP contribution in [-0.4, -0.2) is 15.3 Å². The number of anilines is 1. The van der Waals surface area contributed by atoms with Crippen LogP contribution in [0.2, 0.25) is 5.02 Å². The molecule has 2 aromatic rings. The molecule has 5 nitrogen and oxygen atoms in total. The van der Waals surface area contributed by atoms with Crippen molar-refractivity contribution in [1.82, 2.24) is 9.55 Å². The highest BCUT2D eigenvalue weighted by Crippen LogP contribution is 2.19. The van der Waals surface area contributed by atoms with Crippen LogP contribution in [0.1, 0.15) is 11.3 Å². The molecular formula is C12H10ClN5. The summed E-state index contributed by atoms with van der Waals surface area (Å²) in [5, 5.41) is 16.7. The number of halogens is 1. The van der Waals surface area contributed by atoms with Crippen molar-refractivity contribution in [2.24, 2.45) is 0 Å². The van der Waals surface area contributed by atoms with E-state index in [0.29, 0.717) is 17.4 Å². The van der Waals surface area contributed by atoms with Crippen LogP contribution in [-0.2, 0) is 6.54 Å². The van der Waals surface area contributed by atoms with Gasteiger partial charge >= 0.3 is 0 Å². The maximum absolute atomic E-state index is 8.66. The minimum absolute atomic E-state index is 0.199. The first-order valence-electron chi connectivity index (χ1n) is 5.16. The van der Waals surface area contributed by atoms with Crippen molar-refractivity contribution in [2.45, 2.75) is 6.54 Å². The lowest BCUT2D eigenvalue weighted by atomic mass is 10.2. The van der Waals surface area contributed by atoms with Gasteiger partial charge in [-0.25, -0.2) is 4.98 Å². The second-order valence-electron chi connectivity index (χ2n) is 3.68. The van der Waals surface area contributed by atoms with Gasteiger partial charge in [-0.05, 0) is 11.6 Å². The fourth-order valence-corrected chi connectivity index (χ4v) is 1.77. The lowest BCUT2D eigenvalue weighted by Gasteiger charge is -2.07. The van der Waals surface area contributed by atoms with Crippen molar-refractivity contribution in [1.29, 1.82) is 10.7 Å². The maximum Gasteiger partial charge on any atom is 0.161 e. The summed E-state index contributed by atoms with van der Waals surface area (Å²) >= 11 is 6.05. The Hall–Kier alpha value is -2.32. The van der Waals surface area contributed by atoms with Gasteiger partial charge in [0.2, 0.25) is 0 Å². The lowest BCUT2D eigenvalue weighted by Crippen LogP contribution is -2.07. The molecule has 1 aromatic carbocycles. The Morgan fingerprint density at radius 1 is 1.50 bits per heavy atom. The minimum Gasteiger partial charge on any atom is -0.383 e. The average Bonchev–Trinajstić information content (AvgIpc) is 2.73. The summed E-state index contributed by atoms with van der Waals surface area (Å²) in [7, 11) is 0. The van der Waals surface area contributed by atoms with E-state index in [-0.39, 0.29) is 11.4 Å². The fourth-order valence-electron chi connectivity index (χ4n) is 1.57. The van der Waals surface area contributed by atoms with Crippen LogP contribution in [0, 0.1) is 16.7 Å². The summed E-state index contributed by atoms with van der Waals surface area (Å²) in [6, 6.07) is 9.12. The zero-order valence-electron chi connectivity index (χ0n) is 9.39. The predicted molar refractivity (Wildman–Crippen MR) is 69.6 cm³/mol. The van der Waals surface area contributed by atoms with Crippen molar-refractivity contribution in [2.75, 3.05) is 5.73 Å². The number of hydrogen-bond donors (Lipinski definition) is 2. The number of imidazole rings is 1. The van der Waals surface area contributed by atoms with Gasteiger partial charge in [0.25, 0.3) is 0 Å². The molecule has 0 aliphatic heterocycles. The third kappa shape index (κ3) is 2.19. The molecule has 6 heteroatoms. The average molecular weight is 260 g/mol. The number of aromatic nitrogens is 2. The molecule has 0 aliphatic carbocycles. The molecule has 0 atom stereocenters. The van der Waals surface area contributed by atoms with Gasteiger partial charge < -0.3 is 10.3 Å². The zero-order valence-corrected chi connectivity index (χ0v) is 10.1. The summed E-state index contributed by atoms with van der Waals surface area (Å²) in [4.78, 5) is 3.96. The highest BCUT2D eigenvalue weighted by Gasteiger charge is 2.12. The number of rotatable bonds is 3. The molecule has 2 rings (SSSR count). The molecule has 0 fully saturated rings. The molecule has 0 saturated carbocycles. The molecule has 18 heavy (non-hydrogen) atoms. The van der Waals surface area contributed by atoms with Gasteiger partial charge in [-0.1, -0.05) is 29.8 Å². The second-order valence-corrected chi connectivity index (χ2v) is 4.09. The van der Waals surface area contributed by atoms with Gasteiger partial charge in [0.1, 0.15) is 17.6 Å². The van der Waals surface area contributed by atoms with Crippen LogP contribution in [0.25, 0.3) is 0 Å². The Kier molecular flexibility index (Phi) is 3.31. The quantitative estimate of drug-likeness (QED) is 0.827. The molecule has 0 unspecified atom stereocenters. The topological polar surface area (TPSA) is 91.5 Å². The molecule has 90 valence electrons. The maximum atomic E-state index is 8.66. The van der Waals surface area contributed by atoms with E-state index in [1.54, 1.807) is 16.7 Å². The van der Waals surface area contributed by atoms with E-state index in [0.717, 1.165) is 5.56 Å². The SMILES string of the molecule is N#CC(=N)c1ncn(Cc2ccccc2Cl)c1N. The number of nitrogens with zero attached hydrogens (tertiary/aromatic N) is 3. The molecule has 0 spiro atoms. The Morgan fingerprint density at radius 2 is 2.22 bits per heavy atom. The summed E-state index contributed by atoms with van der Waals surface area (Å²) < 4.78 is 1.66. The normalized spacial score (nSPS) is 10.0. The number of hydrogen-bond acceptors (Lipinski definition) is 4. The first-order chi connectivity index (χ1) is 8.63. The highest BCUT2D eigenvalue weighted by atomic mass is 35.5. The van der Waals surface area contributed by atoms with Gasteiger partial charge in [-0.15, -0.1) is 0 Å². The number of nitriles is 1. The van der Waals surface area contributed by atoms with Crippen LogP contribution in [0.15, 0.2) is 30.6 Å². The van der Waals surface area contributed by atoms with Crippen molar-refractivity contribution in [3.63, 3.8) is 0 Å². The summed E-state index contributed by atoms with van der Waals surface area (Å²) in [5.74, 6) is 0.293. The van der Waals surface area contributed by atoms with E-state index < -0.39 is 0 Å². The predicted octanol–water partition coefficient (Wildman–Crippen LogP) is 2.06. The smallest absolute Gasteiger partial charge is 0.161 e. The van der Waals surface area contributed by atoms with Crippen LogP contribution >= 0.6 is 11.6 Å². The molecule has 0 amide bonds. The third-order valence-electron chi connectivity index (χ3n) is 2.53. The molecule has 0 radical (unpaired) electrons. The van der Waals surface area contributed by atoms with E-state index in [1.807, 2.05) is 18.2 Å². The van der Waals surface area contributed by atoms with Gasteiger partial charge in [-0.3, -0.25) is 5.41 Å². The lowest BCUT2D eigenvalue weighted by molar-refractivity contribution is 0.808. The second kappa shape index (κ2) is 4.90. The van der Waals surface area contributed by atoms with Crippen molar-refractivity contribution >= 4 is 23.1 Å². The Balaban J connectivity index is 2.32. The van der Waals surface area contributed by atoms with Gasteiger partial charge in [0.05, 0.1) is 12.9 Å². The summed E-state index contributed by atoms with van der Waals surface area (Å²) in [5.41, 5.74) is 6.70. The van der Waals surface area contributed by atoms with E-state index in [1.165, 1.54) is 6.33 Å². The van der Waals surface area contributed by atoms with E-state index in [2.05, 4.69) is 4.98 Å². The van der Waals surface area contributed by atoms with Crippen molar-refractivity contribution < 1.29 is 0 Å². The molecule has 0 bridgehead atoms. The summed E-state index contributed by atoms with van der Waals surface area (Å²) in [6.45, 7) is 0.456. The molecule has 0 saturated heterocycles. The van der Waals surface area contributed by atoms with Crippen LogP contribution in [0.4, 0.5) is 5.82 Å². The van der Waals surface area contributed by atoms with Crippen LogP contribution in [0.5, 0.6) is 0 Å². The van der Waals surface area contributed by atoms with E-state index >= 15 is 0 Å². The Bertz CT molecular complexity index is 638. The first-order valence-corrected chi connectivity index (χ1v) is 5.54. The van der Waals surface area contributed by atoms with E-state index in [9.17, 15) is 0 Å². The molecular weight excluding hydrogens is 250 g/mol. The van der Waals surface area contributed by atoms with Crippen LogP contribution in [0.3, 0.4) is 0 Å². The van der Waals surface area contributed by atoms with Crippen molar-refractivity contribution in [3.05, 3.63) is 46.9 Å². The van der Waals surface area contributed by atoms with Gasteiger partial charge in [-0.2, -0.15) is 5.26 Å². The largest absolute Gasteiger partial charge is 0.383 e. The number of benzene rings is 1. The molecule has 3 N–H and O–H groups in total.